The van der Waals surface area contributed by atoms with Gasteiger partial charge in [0.1, 0.15) is 6.10 Å². The lowest BCUT2D eigenvalue weighted by atomic mass is 9.83. The molecule has 1 rings (SSSR count). The van der Waals surface area contributed by atoms with Gasteiger partial charge in [-0.25, -0.2) is 0 Å². The topological polar surface area (TPSA) is 89.3 Å². The van der Waals surface area contributed by atoms with E-state index in [0.29, 0.717) is 0 Å². The highest BCUT2D eigenvalue weighted by Gasteiger charge is 2.27. The van der Waals surface area contributed by atoms with Gasteiger partial charge >= 0.3 is 0 Å². The van der Waals surface area contributed by atoms with Gasteiger partial charge in [-0.3, -0.25) is 4.79 Å². The predicted octanol–water partition coefficient (Wildman–Crippen LogP) is -0.650. The standard InChI is InChI=1S/C8H16N2O2/c9-6-3-1-5(2-4-6)7(11)8(10)12/h5-7,11H,1-4,9H2,(H2,10,12)/t5-,6+,7-/m1/s1. The monoisotopic (exact) mass is 172 g/mol. The molecule has 0 aromatic carbocycles. The molecule has 0 aromatic heterocycles. The molecule has 0 unspecified atom stereocenters. The summed E-state index contributed by atoms with van der Waals surface area (Å²) in [6.45, 7) is 0. The Morgan fingerprint density at radius 2 is 1.83 bits per heavy atom. The summed E-state index contributed by atoms with van der Waals surface area (Å²) in [6.07, 6.45) is 2.41. The quantitative estimate of drug-likeness (QED) is 0.517. The molecule has 1 saturated carbocycles. The fourth-order valence-corrected chi connectivity index (χ4v) is 1.69. The second-order valence-electron chi connectivity index (χ2n) is 3.52. The van der Waals surface area contributed by atoms with E-state index in [2.05, 4.69) is 0 Å². The van der Waals surface area contributed by atoms with E-state index in [4.69, 9.17) is 11.5 Å². The number of aliphatic hydroxyl groups excluding tert-OH is 1. The van der Waals surface area contributed by atoms with E-state index in [1.807, 2.05) is 0 Å². The van der Waals surface area contributed by atoms with Crippen LogP contribution in [0.25, 0.3) is 0 Å². The minimum Gasteiger partial charge on any atom is -0.383 e. The average Bonchev–Trinajstić information content (AvgIpc) is 2.04. The Labute approximate surface area is 71.9 Å². The van der Waals surface area contributed by atoms with Gasteiger partial charge in [-0.05, 0) is 31.6 Å². The Bertz CT molecular complexity index is 164. The lowest BCUT2D eigenvalue weighted by molar-refractivity contribution is -0.129. The molecular weight excluding hydrogens is 156 g/mol. The molecule has 1 aliphatic carbocycles. The lowest BCUT2D eigenvalue weighted by Gasteiger charge is -2.27. The zero-order chi connectivity index (χ0) is 9.14. The average molecular weight is 172 g/mol. The molecule has 0 aromatic rings. The lowest BCUT2D eigenvalue weighted by Crippen LogP contribution is -2.39. The first-order valence-corrected chi connectivity index (χ1v) is 4.34. The van der Waals surface area contributed by atoms with Gasteiger partial charge in [0.2, 0.25) is 5.91 Å². The molecular formula is C8H16N2O2. The van der Waals surface area contributed by atoms with Crippen LogP contribution in [0.5, 0.6) is 0 Å². The van der Waals surface area contributed by atoms with Crippen LogP contribution >= 0.6 is 0 Å². The number of primary amides is 1. The van der Waals surface area contributed by atoms with E-state index in [1.54, 1.807) is 0 Å². The molecule has 1 fully saturated rings. The van der Waals surface area contributed by atoms with Crippen molar-refractivity contribution >= 4 is 5.91 Å². The summed E-state index contributed by atoms with van der Waals surface area (Å²) in [5, 5.41) is 9.32. The third kappa shape index (κ3) is 2.19. The van der Waals surface area contributed by atoms with Crippen molar-refractivity contribution < 1.29 is 9.90 Å². The van der Waals surface area contributed by atoms with Crippen molar-refractivity contribution in [2.75, 3.05) is 0 Å². The van der Waals surface area contributed by atoms with Crippen LogP contribution < -0.4 is 11.5 Å². The number of hydrogen-bond acceptors (Lipinski definition) is 3. The smallest absolute Gasteiger partial charge is 0.246 e. The van der Waals surface area contributed by atoms with E-state index in [1.165, 1.54) is 0 Å². The van der Waals surface area contributed by atoms with E-state index in [9.17, 15) is 9.90 Å². The Morgan fingerprint density at radius 1 is 1.33 bits per heavy atom. The maximum atomic E-state index is 10.6. The van der Waals surface area contributed by atoms with Gasteiger partial charge in [0, 0.05) is 6.04 Å². The number of carbonyl (C=O) groups excluding carboxylic acids is 1. The Morgan fingerprint density at radius 3 is 2.25 bits per heavy atom. The van der Waals surface area contributed by atoms with E-state index in [-0.39, 0.29) is 12.0 Å². The second kappa shape index (κ2) is 3.87. The maximum Gasteiger partial charge on any atom is 0.246 e. The summed E-state index contributed by atoms with van der Waals surface area (Å²) in [5.74, 6) is -0.585. The highest BCUT2D eigenvalue weighted by Crippen LogP contribution is 2.25. The fraction of sp³-hybridized carbons (Fsp3) is 0.875. The second-order valence-corrected chi connectivity index (χ2v) is 3.52. The summed E-state index contributed by atoms with van der Waals surface area (Å²) >= 11 is 0. The SMILES string of the molecule is NC(=O)[C@H](O)[C@H]1CC[C@@H](N)CC1. The van der Waals surface area contributed by atoms with E-state index >= 15 is 0 Å². The molecule has 0 saturated heterocycles. The van der Waals surface area contributed by atoms with Gasteiger partial charge in [0.05, 0.1) is 0 Å². The van der Waals surface area contributed by atoms with Gasteiger partial charge in [0.25, 0.3) is 0 Å². The summed E-state index contributed by atoms with van der Waals surface area (Å²) in [7, 11) is 0. The van der Waals surface area contributed by atoms with Gasteiger partial charge in [-0.1, -0.05) is 0 Å². The highest BCUT2D eigenvalue weighted by atomic mass is 16.3. The van der Waals surface area contributed by atoms with Crippen LogP contribution in [0.4, 0.5) is 0 Å². The molecule has 1 amide bonds. The van der Waals surface area contributed by atoms with Crippen molar-refractivity contribution in [3.8, 4) is 0 Å². The van der Waals surface area contributed by atoms with E-state index < -0.39 is 12.0 Å². The molecule has 0 radical (unpaired) electrons. The predicted molar refractivity (Wildman–Crippen MR) is 45.1 cm³/mol. The number of nitrogens with two attached hydrogens (primary N) is 2. The fourth-order valence-electron chi connectivity index (χ4n) is 1.69. The van der Waals surface area contributed by atoms with Crippen molar-refractivity contribution in [1.29, 1.82) is 0 Å². The van der Waals surface area contributed by atoms with Crippen molar-refractivity contribution in [2.24, 2.45) is 17.4 Å². The van der Waals surface area contributed by atoms with Gasteiger partial charge in [0.15, 0.2) is 0 Å². The first-order valence-electron chi connectivity index (χ1n) is 4.34. The van der Waals surface area contributed by atoms with Crippen molar-refractivity contribution in [2.45, 2.75) is 37.8 Å². The zero-order valence-corrected chi connectivity index (χ0v) is 7.07. The molecule has 4 nitrogen and oxygen atoms in total. The van der Waals surface area contributed by atoms with E-state index in [0.717, 1.165) is 25.7 Å². The Kier molecular flexibility index (Phi) is 3.05. The van der Waals surface area contributed by atoms with Gasteiger partial charge in [-0.2, -0.15) is 0 Å². The third-order valence-electron chi connectivity index (χ3n) is 2.55. The number of amides is 1. The van der Waals surface area contributed by atoms with Crippen LogP contribution in [0.2, 0.25) is 0 Å². The largest absolute Gasteiger partial charge is 0.383 e. The van der Waals surface area contributed by atoms with Crippen LogP contribution in [-0.2, 0) is 4.79 Å². The molecule has 0 heterocycles. The summed E-state index contributed by atoms with van der Waals surface area (Å²) in [6, 6.07) is 0.237. The number of carbonyl (C=O) groups is 1. The van der Waals surface area contributed by atoms with Crippen LogP contribution in [0, 0.1) is 5.92 Å². The van der Waals surface area contributed by atoms with Crippen LogP contribution in [0.1, 0.15) is 25.7 Å². The summed E-state index contributed by atoms with van der Waals surface area (Å²) in [4.78, 5) is 10.6. The number of hydrogen-bond donors (Lipinski definition) is 3. The van der Waals surface area contributed by atoms with Gasteiger partial charge in [-0.15, -0.1) is 0 Å². The van der Waals surface area contributed by atoms with Crippen molar-refractivity contribution in [1.82, 2.24) is 0 Å². The minimum absolute atomic E-state index is 0.0299. The van der Waals surface area contributed by atoms with Crippen LogP contribution in [0.15, 0.2) is 0 Å². The number of aliphatic hydroxyl groups is 1. The Balaban J connectivity index is 2.39. The molecule has 0 aliphatic heterocycles. The first kappa shape index (κ1) is 9.48. The zero-order valence-electron chi connectivity index (χ0n) is 7.07. The molecule has 5 N–H and O–H groups in total. The molecule has 0 bridgehead atoms. The Hall–Kier alpha value is -0.610. The molecule has 0 spiro atoms. The maximum absolute atomic E-state index is 10.6. The van der Waals surface area contributed by atoms with Crippen LogP contribution in [0.3, 0.4) is 0 Å². The highest BCUT2D eigenvalue weighted by molar-refractivity contribution is 5.78. The minimum atomic E-state index is -0.975. The molecule has 70 valence electrons. The first-order chi connectivity index (χ1) is 5.61. The molecule has 1 atom stereocenters. The number of rotatable bonds is 2. The van der Waals surface area contributed by atoms with Crippen molar-refractivity contribution in [3.63, 3.8) is 0 Å². The molecule has 12 heavy (non-hydrogen) atoms. The van der Waals surface area contributed by atoms with Gasteiger partial charge < -0.3 is 16.6 Å². The summed E-state index contributed by atoms with van der Waals surface area (Å²) in [5.41, 5.74) is 10.7. The normalized spacial score (nSPS) is 32.8. The molecule has 4 heteroatoms. The van der Waals surface area contributed by atoms with Crippen molar-refractivity contribution in [3.05, 3.63) is 0 Å². The molecule has 1 aliphatic rings. The van der Waals surface area contributed by atoms with Crippen LogP contribution in [-0.4, -0.2) is 23.2 Å². The third-order valence-corrected chi connectivity index (χ3v) is 2.55. The summed E-state index contributed by atoms with van der Waals surface area (Å²) < 4.78 is 0.